The van der Waals surface area contributed by atoms with E-state index in [1.54, 1.807) is 0 Å². The minimum absolute atomic E-state index is 0.0907. The number of likely N-dealkylation sites (tertiary alicyclic amines) is 1. The lowest BCUT2D eigenvalue weighted by Gasteiger charge is -2.44. The summed E-state index contributed by atoms with van der Waals surface area (Å²) in [5, 5.41) is 5.82. The van der Waals surface area contributed by atoms with E-state index in [2.05, 4.69) is 15.5 Å². The quantitative estimate of drug-likeness (QED) is 0.270. The summed E-state index contributed by atoms with van der Waals surface area (Å²) in [4.78, 5) is 2.18. The van der Waals surface area contributed by atoms with Crippen LogP contribution in [0.2, 0.25) is 0 Å². The molecule has 37 heavy (non-hydrogen) atoms. The van der Waals surface area contributed by atoms with E-state index in [1.165, 1.54) is 0 Å². The van der Waals surface area contributed by atoms with E-state index in [0.717, 1.165) is 30.5 Å². The minimum atomic E-state index is -4.96. The van der Waals surface area contributed by atoms with Crippen LogP contribution in [-0.4, -0.2) is 29.6 Å². The number of nitrogens with zero attached hydrogens (tertiary/aromatic N) is 1. The summed E-state index contributed by atoms with van der Waals surface area (Å²) in [6.45, 7) is 0.830. The first-order valence-corrected chi connectivity index (χ1v) is 12.0. The van der Waals surface area contributed by atoms with Crippen molar-refractivity contribution in [1.29, 1.82) is 0 Å². The van der Waals surface area contributed by atoms with E-state index < -0.39 is 34.7 Å². The Balaban J connectivity index is 1.78. The standard InChI is InChI=1S/C27H25F6N3S/c1-36-14-8-13-23(36)25(18-9-4-2-5-10-18,19-11-6-3-7-12-19)35-24(37)34-22-16-20(26(28,29)30)15-21(17-22)27(31,32)33/h2-7,9-12,15-17,23H,8,13-14H2,1H3,(H2,34,35,37)/t23-/m0/s1. The molecule has 1 aliphatic rings. The Labute approximate surface area is 216 Å². The van der Waals surface area contributed by atoms with Crippen LogP contribution in [-0.2, 0) is 17.9 Å². The Bertz CT molecular complexity index is 1160. The molecule has 1 aliphatic heterocycles. The number of rotatable bonds is 5. The Morgan fingerprint density at radius 3 is 1.68 bits per heavy atom. The van der Waals surface area contributed by atoms with Crippen molar-refractivity contribution >= 4 is 23.0 Å². The largest absolute Gasteiger partial charge is 0.416 e. The second-order valence-electron chi connectivity index (χ2n) is 9.05. The van der Waals surface area contributed by atoms with Crippen molar-refractivity contribution in [1.82, 2.24) is 10.2 Å². The first-order valence-electron chi connectivity index (χ1n) is 11.6. The van der Waals surface area contributed by atoms with Gasteiger partial charge < -0.3 is 15.5 Å². The molecule has 0 aromatic heterocycles. The highest BCUT2D eigenvalue weighted by molar-refractivity contribution is 7.80. The van der Waals surface area contributed by atoms with Crippen LogP contribution in [0.3, 0.4) is 0 Å². The summed E-state index contributed by atoms with van der Waals surface area (Å²) < 4.78 is 80.3. The minimum Gasteiger partial charge on any atom is -0.347 e. The number of alkyl halides is 6. The summed E-state index contributed by atoms with van der Waals surface area (Å²) in [5.74, 6) is 0. The highest BCUT2D eigenvalue weighted by Crippen LogP contribution is 2.41. The van der Waals surface area contributed by atoms with Gasteiger partial charge in [-0.15, -0.1) is 0 Å². The van der Waals surface area contributed by atoms with E-state index in [-0.39, 0.29) is 17.2 Å². The Hall–Kier alpha value is -3.11. The second kappa shape index (κ2) is 10.3. The van der Waals surface area contributed by atoms with Crippen LogP contribution in [0.15, 0.2) is 78.9 Å². The van der Waals surface area contributed by atoms with Gasteiger partial charge in [0.05, 0.1) is 11.1 Å². The normalized spacial score (nSPS) is 17.0. The molecule has 1 atom stereocenters. The number of halogens is 6. The van der Waals surface area contributed by atoms with E-state index in [4.69, 9.17) is 12.2 Å². The first-order chi connectivity index (χ1) is 17.4. The summed E-state index contributed by atoms with van der Waals surface area (Å²) in [5.41, 5.74) is -2.43. The fourth-order valence-corrected chi connectivity index (χ4v) is 5.29. The molecule has 1 saturated heterocycles. The molecule has 1 fully saturated rings. The number of likely N-dealkylation sites (N-methyl/N-ethyl adjacent to an activating group) is 1. The molecule has 0 saturated carbocycles. The summed E-state index contributed by atoms with van der Waals surface area (Å²) in [6.07, 6.45) is -8.20. The highest BCUT2D eigenvalue weighted by Gasteiger charge is 2.46. The maximum atomic E-state index is 13.4. The van der Waals surface area contributed by atoms with Crippen LogP contribution in [0, 0.1) is 0 Å². The molecule has 3 aromatic carbocycles. The molecule has 196 valence electrons. The molecule has 0 spiro atoms. The second-order valence-corrected chi connectivity index (χ2v) is 9.46. The molecule has 0 amide bonds. The number of nitrogens with one attached hydrogen (secondary N) is 2. The molecule has 0 aliphatic carbocycles. The average molecular weight is 538 g/mol. The number of hydrogen-bond donors (Lipinski definition) is 2. The van der Waals surface area contributed by atoms with E-state index >= 15 is 0 Å². The monoisotopic (exact) mass is 537 g/mol. The molecule has 0 radical (unpaired) electrons. The molecular formula is C27H25F6N3S. The van der Waals surface area contributed by atoms with Crippen molar-refractivity contribution < 1.29 is 26.3 Å². The maximum absolute atomic E-state index is 13.4. The fourth-order valence-electron chi connectivity index (χ4n) is 5.01. The molecule has 2 N–H and O–H groups in total. The van der Waals surface area contributed by atoms with Crippen LogP contribution >= 0.6 is 12.2 Å². The number of hydrogen-bond acceptors (Lipinski definition) is 2. The van der Waals surface area contributed by atoms with E-state index in [0.29, 0.717) is 12.1 Å². The van der Waals surface area contributed by atoms with Gasteiger partial charge in [0.15, 0.2) is 5.11 Å². The van der Waals surface area contributed by atoms with Gasteiger partial charge >= 0.3 is 12.4 Å². The van der Waals surface area contributed by atoms with Gasteiger partial charge in [-0.05, 0) is 68.0 Å². The van der Waals surface area contributed by atoms with Crippen LogP contribution in [0.1, 0.15) is 35.1 Å². The lowest BCUT2D eigenvalue weighted by atomic mass is 9.75. The number of benzene rings is 3. The summed E-state index contributed by atoms with van der Waals surface area (Å²) in [6, 6.07) is 20.2. The van der Waals surface area contributed by atoms with Crippen LogP contribution in [0.5, 0.6) is 0 Å². The molecule has 0 bridgehead atoms. The third-order valence-electron chi connectivity index (χ3n) is 6.63. The third-order valence-corrected chi connectivity index (χ3v) is 6.84. The van der Waals surface area contributed by atoms with Gasteiger partial charge in [-0.1, -0.05) is 60.7 Å². The number of thiocarbonyl (C=S) groups is 1. The first kappa shape index (κ1) is 26.9. The predicted molar refractivity (Wildman–Crippen MR) is 135 cm³/mol. The van der Waals surface area contributed by atoms with Crippen molar-refractivity contribution in [2.75, 3.05) is 18.9 Å². The highest BCUT2D eigenvalue weighted by atomic mass is 32.1. The summed E-state index contributed by atoms with van der Waals surface area (Å²) in [7, 11) is 1.98. The van der Waals surface area contributed by atoms with Crippen molar-refractivity contribution in [2.45, 2.75) is 36.8 Å². The Morgan fingerprint density at radius 1 is 0.784 bits per heavy atom. The average Bonchev–Trinajstić information content (AvgIpc) is 3.28. The molecule has 3 aromatic rings. The smallest absolute Gasteiger partial charge is 0.347 e. The lowest BCUT2D eigenvalue weighted by molar-refractivity contribution is -0.143. The topological polar surface area (TPSA) is 27.3 Å². The lowest BCUT2D eigenvalue weighted by Crippen LogP contribution is -2.59. The van der Waals surface area contributed by atoms with Gasteiger partial charge in [0.25, 0.3) is 0 Å². The molecular weight excluding hydrogens is 512 g/mol. The molecule has 3 nitrogen and oxygen atoms in total. The van der Waals surface area contributed by atoms with Crippen molar-refractivity contribution in [2.24, 2.45) is 0 Å². The Morgan fingerprint density at radius 2 is 1.27 bits per heavy atom. The molecule has 0 unspecified atom stereocenters. The predicted octanol–water partition coefficient (Wildman–Crippen LogP) is 7.05. The Kier molecular flexibility index (Phi) is 7.52. The van der Waals surface area contributed by atoms with Gasteiger partial charge in [-0.3, -0.25) is 0 Å². The molecule has 10 heteroatoms. The van der Waals surface area contributed by atoms with E-state index in [9.17, 15) is 26.3 Å². The van der Waals surface area contributed by atoms with Gasteiger partial charge in [0.1, 0.15) is 5.54 Å². The molecule has 4 rings (SSSR count). The van der Waals surface area contributed by atoms with Crippen molar-refractivity contribution in [3.63, 3.8) is 0 Å². The van der Waals surface area contributed by atoms with Crippen molar-refractivity contribution in [3.05, 3.63) is 101 Å². The van der Waals surface area contributed by atoms with Crippen LogP contribution < -0.4 is 10.6 Å². The van der Waals surface area contributed by atoms with Gasteiger partial charge in [0, 0.05) is 11.7 Å². The third kappa shape index (κ3) is 5.75. The zero-order valence-electron chi connectivity index (χ0n) is 19.8. The fraction of sp³-hybridized carbons (Fsp3) is 0.296. The van der Waals surface area contributed by atoms with Crippen LogP contribution in [0.25, 0.3) is 0 Å². The van der Waals surface area contributed by atoms with Gasteiger partial charge in [-0.2, -0.15) is 26.3 Å². The zero-order chi connectivity index (χ0) is 26.8. The molecule has 1 heterocycles. The SMILES string of the molecule is CN1CCC[C@H]1C(NC(=S)Nc1cc(C(F)(F)F)cc(C(F)(F)F)c1)(c1ccccc1)c1ccccc1. The van der Waals surface area contributed by atoms with E-state index in [1.807, 2.05) is 67.7 Å². The van der Waals surface area contributed by atoms with Gasteiger partial charge in [-0.25, -0.2) is 0 Å². The van der Waals surface area contributed by atoms with Crippen molar-refractivity contribution in [3.8, 4) is 0 Å². The zero-order valence-corrected chi connectivity index (χ0v) is 20.6. The maximum Gasteiger partial charge on any atom is 0.416 e. The summed E-state index contributed by atoms with van der Waals surface area (Å²) >= 11 is 5.53. The number of anilines is 1. The van der Waals surface area contributed by atoms with Gasteiger partial charge in [0.2, 0.25) is 0 Å². The van der Waals surface area contributed by atoms with Crippen LogP contribution in [0.4, 0.5) is 32.0 Å².